The summed E-state index contributed by atoms with van der Waals surface area (Å²) in [4.78, 5) is 26.1. The predicted molar refractivity (Wildman–Crippen MR) is 75.2 cm³/mol. The fraction of sp³-hybridized carbons (Fsp3) is 0.600. The first kappa shape index (κ1) is 14.6. The van der Waals surface area contributed by atoms with E-state index in [-0.39, 0.29) is 17.7 Å². The second-order valence-corrected chi connectivity index (χ2v) is 5.74. The van der Waals surface area contributed by atoms with Gasteiger partial charge in [-0.25, -0.2) is 0 Å². The molecule has 1 fully saturated rings. The van der Waals surface area contributed by atoms with Crippen molar-refractivity contribution in [3.8, 4) is 0 Å². The van der Waals surface area contributed by atoms with E-state index in [1.54, 1.807) is 11.0 Å². The molecule has 0 saturated carbocycles. The molecule has 5 nitrogen and oxygen atoms in total. The Bertz CT molecular complexity index is 454. The predicted octanol–water partition coefficient (Wildman–Crippen LogP) is 1.90. The quantitative estimate of drug-likeness (QED) is 0.915. The average molecular weight is 278 g/mol. The zero-order valence-corrected chi connectivity index (χ0v) is 12.1. The highest BCUT2D eigenvalue weighted by Gasteiger charge is 2.29. The zero-order valence-electron chi connectivity index (χ0n) is 12.1. The first-order valence-electron chi connectivity index (χ1n) is 7.17. The molecule has 2 amide bonds. The molecule has 1 aromatic heterocycles. The second-order valence-electron chi connectivity index (χ2n) is 5.74. The van der Waals surface area contributed by atoms with Gasteiger partial charge in [0.15, 0.2) is 0 Å². The van der Waals surface area contributed by atoms with Crippen molar-refractivity contribution in [1.29, 1.82) is 0 Å². The maximum Gasteiger partial charge on any atom is 0.257 e. The molecular formula is C15H22N2O3. The summed E-state index contributed by atoms with van der Waals surface area (Å²) < 4.78 is 4.94. The molecule has 5 heteroatoms. The van der Waals surface area contributed by atoms with E-state index in [1.165, 1.54) is 12.5 Å². The number of nitrogens with one attached hydrogen (secondary N) is 1. The van der Waals surface area contributed by atoms with Gasteiger partial charge in [-0.2, -0.15) is 0 Å². The van der Waals surface area contributed by atoms with Crippen LogP contribution >= 0.6 is 0 Å². The minimum atomic E-state index is -0.0987. The van der Waals surface area contributed by atoms with Crippen molar-refractivity contribution in [2.75, 3.05) is 19.6 Å². The summed E-state index contributed by atoms with van der Waals surface area (Å²) in [7, 11) is 0. The van der Waals surface area contributed by atoms with Crippen LogP contribution in [0.1, 0.15) is 37.0 Å². The van der Waals surface area contributed by atoms with Gasteiger partial charge in [-0.15, -0.1) is 0 Å². The summed E-state index contributed by atoms with van der Waals surface area (Å²) in [6, 6.07) is 1.66. The smallest absolute Gasteiger partial charge is 0.257 e. The Morgan fingerprint density at radius 3 is 2.95 bits per heavy atom. The standard InChI is InChI=1S/C15H22N2O3/c1-11(2)8-16-14(18)12-4-3-6-17(9-12)15(19)13-5-7-20-10-13/h5,7,10-12H,3-4,6,8-9H2,1-2H3,(H,16,18)/t12-/m1/s1. The minimum Gasteiger partial charge on any atom is -0.472 e. The molecule has 20 heavy (non-hydrogen) atoms. The van der Waals surface area contributed by atoms with E-state index in [1.807, 2.05) is 0 Å². The number of carbonyl (C=O) groups excluding carboxylic acids is 2. The van der Waals surface area contributed by atoms with Crippen LogP contribution in [-0.2, 0) is 4.79 Å². The third kappa shape index (κ3) is 3.62. The van der Waals surface area contributed by atoms with Gasteiger partial charge in [-0.1, -0.05) is 13.8 Å². The van der Waals surface area contributed by atoms with Crippen LogP contribution in [-0.4, -0.2) is 36.3 Å². The Hall–Kier alpha value is -1.78. The van der Waals surface area contributed by atoms with Crippen molar-refractivity contribution in [3.63, 3.8) is 0 Å². The molecule has 1 atom stereocenters. The van der Waals surface area contributed by atoms with Crippen molar-refractivity contribution in [1.82, 2.24) is 10.2 Å². The molecule has 1 aromatic rings. The van der Waals surface area contributed by atoms with E-state index < -0.39 is 0 Å². The Labute approximate surface area is 119 Å². The van der Waals surface area contributed by atoms with Crippen LogP contribution in [0.5, 0.6) is 0 Å². The highest BCUT2D eigenvalue weighted by molar-refractivity contribution is 5.94. The minimum absolute atomic E-state index is 0.0555. The molecule has 0 radical (unpaired) electrons. The van der Waals surface area contributed by atoms with Gasteiger partial charge in [0.2, 0.25) is 5.91 Å². The molecule has 1 aliphatic heterocycles. The fourth-order valence-electron chi connectivity index (χ4n) is 2.39. The number of rotatable bonds is 4. The second kappa shape index (κ2) is 6.59. The van der Waals surface area contributed by atoms with Gasteiger partial charge >= 0.3 is 0 Å². The summed E-state index contributed by atoms with van der Waals surface area (Å²) in [5.74, 6) is 0.341. The van der Waals surface area contributed by atoms with Crippen molar-refractivity contribution in [2.45, 2.75) is 26.7 Å². The van der Waals surface area contributed by atoms with Gasteiger partial charge in [0.25, 0.3) is 5.91 Å². The lowest BCUT2D eigenvalue weighted by Crippen LogP contribution is -2.45. The van der Waals surface area contributed by atoms with Crippen molar-refractivity contribution >= 4 is 11.8 Å². The topological polar surface area (TPSA) is 62.6 Å². The molecule has 110 valence electrons. The molecule has 0 bridgehead atoms. The molecule has 0 unspecified atom stereocenters. The van der Waals surface area contributed by atoms with E-state index in [0.29, 0.717) is 31.1 Å². The lowest BCUT2D eigenvalue weighted by molar-refractivity contribution is -0.126. The van der Waals surface area contributed by atoms with E-state index >= 15 is 0 Å². The van der Waals surface area contributed by atoms with Crippen molar-refractivity contribution in [2.24, 2.45) is 11.8 Å². The Kier molecular flexibility index (Phi) is 4.82. The molecule has 1 saturated heterocycles. The molecule has 2 rings (SSSR count). The third-order valence-electron chi connectivity index (χ3n) is 3.53. The molecule has 2 heterocycles. The lowest BCUT2D eigenvalue weighted by Gasteiger charge is -2.32. The van der Waals surface area contributed by atoms with Gasteiger partial charge in [0, 0.05) is 19.6 Å². The van der Waals surface area contributed by atoms with Crippen molar-refractivity contribution in [3.05, 3.63) is 24.2 Å². The SMILES string of the molecule is CC(C)CNC(=O)[C@@H]1CCCN(C(=O)c2ccoc2)C1. The number of hydrogen-bond acceptors (Lipinski definition) is 3. The van der Waals surface area contributed by atoms with E-state index in [0.717, 1.165) is 12.8 Å². The first-order valence-corrected chi connectivity index (χ1v) is 7.17. The summed E-state index contributed by atoms with van der Waals surface area (Å²) in [5, 5.41) is 2.95. The number of nitrogens with zero attached hydrogens (tertiary/aromatic N) is 1. The molecule has 1 aliphatic rings. The summed E-state index contributed by atoms with van der Waals surface area (Å²) in [5.41, 5.74) is 0.549. The van der Waals surface area contributed by atoms with Crippen LogP contribution < -0.4 is 5.32 Å². The maximum atomic E-state index is 12.2. The zero-order chi connectivity index (χ0) is 14.5. The van der Waals surface area contributed by atoms with Gasteiger partial charge in [-0.3, -0.25) is 9.59 Å². The summed E-state index contributed by atoms with van der Waals surface area (Å²) in [6.07, 6.45) is 4.65. The summed E-state index contributed by atoms with van der Waals surface area (Å²) in [6.45, 7) is 6.02. The Balaban J connectivity index is 1.91. The summed E-state index contributed by atoms with van der Waals surface area (Å²) >= 11 is 0. The first-order chi connectivity index (χ1) is 9.58. The number of amides is 2. The van der Waals surface area contributed by atoms with Crippen molar-refractivity contribution < 1.29 is 14.0 Å². The third-order valence-corrected chi connectivity index (χ3v) is 3.53. The monoisotopic (exact) mass is 278 g/mol. The van der Waals surface area contributed by atoms with E-state index in [4.69, 9.17) is 4.42 Å². The lowest BCUT2D eigenvalue weighted by atomic mass is 9.96. The van der Waals surface area contributed by atoms with Crippen LogP contribution in [0.2, 0.25) is 0 Å². The van der Waals surface area contributed by atoms with E-state index in [9.17, 15) is 9.59 Å². The van der Waals surface area contributed by atoms with Crippen LogP contribution in [0.4, 0.5) is 0 Å². The largest absolute Gasteiger partial charge is 0.472 e. The van der Waals surface area contributed by atoms with Gasteiger partial charge < -0.3 is 14.6 Å². The highest BCUT2D eigenvalue weighted by Crippen LogP contribution is 2.19. The maximum absolute atomic E-state index is 12.2. The molecule has 1 N–H and O–H groups in total. The number of hydrogen-bond donors (Lipinski definition) is 1. The number of furan rings is 1. The number of likely N-dealkylation sites (tertiary alicyclic amines) is 1. The fourth-order valence-corrected chi connectivity index (χ4v) is 2.39. The van der Waals surface area contributed by atoms with Crippen LogP contribution in [0, 0.1) is 11.8 Å². The number of piperidine rings is 1. The average Bonchev–Trinajstić information content (AvgIpc) is 2.98. The Morgan fingerprint density at radius 2 is 2.30 bits per heavy atom. The molecular weight excluding hydrogens is 256 g/mol. The van der Waals surface area contributed by atoms with Crippen LogP contribution in [0.3, 0.4) is 0 Å². The van der Waals surface area contributed by atoms with Gasteiger partial charge in [-0.05, 0) is 24.8 Å². The molecule has 0 aromatic carbocycles. The van der Waals surface area contributed by atoms with Crippen LogP contribution in [0.25, 0.3) is 0 Å². The van der Waals surface area contributed by atoms with Gasteiger partial charge in [0.05, 0.1) is 17.7 Å². The van der Waals surface area contributed by atoms with Crippen LogP contribution in [0.15, 0.2) is 23.0 Å². The molecule has 0 spiro atoms. The highest BCUT2D eigenvalue weighted by atomic mass is 16.3. The normalized spacial score (nSPS) is 19.1. The number of carbonyl (C=O) groups is 2. The van der Waals surface area contributed by atoms with Gasteiger partial charge in [0.1, 0.15) is 6.26 Å². The van der Waals surface area contributed by atoms with E-state index in [2.05, 4.69) is 19.2 Å². The Morgan fingerprint density at radius 1 is 1.50 bits per heavy atom. The molecule has 0 aliphatic carbocycles.